The van der Waals surface area contributed by atoms with Crippen molar-refractivity contribution in [2.24, 2.45) is 0 Å². The van der Waals surface area contributed by atoms with E-state index in [1.54, 1.807) is 7.05 Å². The van der Waals surface area contributed by atoms with E-state index in [4.69, 9.17) is 0 Å². The number of hydrogen-bond acceptors (Lipinski definition) is 3. The molecule has 0 atom stereocenters. The number of halogens is 3. The fourth-order valence-corrected chi connectivity index (χ4v) is 1.97. The first kappa shape index (κ1) is 14.8. The number of alkyl halides is 3. The standard InChI is InChI=1S/C13H16F3N3O/c1-19(9-6-17-7-9)8-12(20)18-11-5-3-2-4-10(11)13(14,15)16/h2-5,9,17H,6-8H2,1H3,(H,18,20). The largest absolute Gasteiger partial charge is 0.418 e. The monoisotopic (exact) mass is 287 g/mol. The molecule has 7 heteroatoms. The molecule has 1 amide bonds. The number of anilines is 1. The SMILES string of the molecule is CN(CC(=O)Nc1ccccc1C(F)(F)F)C1CNC1. The molecule has 0 saturated carbocycles. The predicted octanol–water partition coefficient (Wildman–Crippen LogP) is 1.55. The molecular weight excluding hydrogens is 271 g/mol. The molecule has 110 valence electrons. The Bertz CT molecular complexity index is 486. The Hall–Kier alpha value is -1.60. The highest BCUT2D eigenvalue weighted by atomic mass is 19.4. The van der Waals surface area contributed by atoms with Crippen LogP contribution in [0.2, 0.25) is 0 Å². The van der Waals surface area contributed by atoms with E-state index in [0.29, 0.717) is 0 Å². The second-order valence-electron chi connectivity index (χ2n) is 4.82. The minimum absolute atomic E-state index is 0.0680. The number of carbonyl (C=O) groups excluding carboxylic acids is 1. The molecule has 0 aromatic heterocycles. The average Bonchev–Trinajstić information content (AvgIpc) is 2.25. The van der Waals surface area contributed by atoms with Gasteiger partial charge in [-0.2, -0.15) is 13.2 Å². The van der Waals surface area contributed by atoms with Gasteiger partial charge in [0.1, 0.15) is 0 Å². The maximum absolute atomic E-state index is 12.8. The molecule has 0 unspecified atom stereocenters. The van der Waals surface area contributed by atoms with Crippen molar-refractivity contribution in [3.05, 3.63) is 29.8 Å². The fraction of sp³-hybridized carbons (Fsp3) is 0.462. The van der Waals surface area contributed by atoms with Crippen LogP contribution in [0.3, 0.4) is 0 Å². The van der Waals surface area contributed by atoms with E-state index in [2.05, 4.69) is 10.6 Å². The van der Waals surface area contributed by atoms with Gasteiger partial charge in [-0.3, -0.25) is 9.69 Å². The van der Waals surface area contributed by atoms with Crippen molar-refractivity contribution < 1.29 is 18.0 Å². The van der Waals surface area contributed by atoms with E-state index in [-0.39, 0.29) is 18.3 Å². The number of para-hydroxylation sites is 1. The molecule has 1 fully saturated rings. The molecule has 0 bridgehead atoms. The van der Waals surface area contributed by atoms with Crippen LogP contribution in [0, 0.1) is 0 Å². The summed E-state index contributed by atoms with van der Waals surface area (Å²) >= 11 is 0. The Morgan fingerprint density at radius 2 is 2.05 bits per heavy atom. The third-order valence-electron chi connectivity index (χ3n) is 3.28. The quantitative estimate of drug-likeness (QED) is 0.883. The van der Waals surface area contributed by atoms with Crippen LogP contribution >= 0.6 is 0 Å². The van der Waals surface area contributed by atoms with Gasteiger partial charge in [-0.05, 0) is 19.2 Å². The molecule has 1 aliphatic heterocycles. The summed E-state index contributed by atoms with van der Waals surface area (Å²) in [5, 5.41) is 5.40. The van der Waals surface area contributed by atoms with Crippen LogP contribution in [0.25, 0.3) is 0 Å². The van der Waals surface area contributed by atoms with E-state index in [0.717, 1.165) is 19.2 Å². The summed E-state index contributed by atoms with van der Waals surface area (Å²) in [6.07, 6.45) is -4.48. The Labute approximate surface area is 114 Å². The third-order valence-corrected chi connectivity index (χ3v) is 3.28. The first-order valence-corrected chi connectivity index (χ1v) is 6.25. The number of likely N-dealkylation sites (N-methyl/N-ethyl adjacent to an activating group) is 1. The maximum atomic E-state index is 12.8. The summed E-state index contributed by atoms with van der Waals surface area (Å²) in [7, 11) is 1.78. The summed E-state index contributed by atoms with van der Waals surface area (Å²) in [4.78, 5) is 13.6. The van der Waals surface area contributed by atoms with Crippen molar-refractivity contribution in [2.75, 3.05) is 32.0 Å². The van der Waals surface area contributed by atoms with Crippen molar-refractivity contribution in [1.82, 2.24) is 10.2 Å². The Balaban J connectivity index is 2.00. The molecule has 1 aromatic carbocycles. The Morgan fingerprint density at radius 3 is 2.60 bits per heavy atom. The van der Waals surface area contributed by atoms with Gasteiger partial charge >= 0.3 is 6.18 Å². The lowest BCUT2D eigenvalue weighted by atomic mass is 10.1. The third kappa shape index (κ3) is 3.49. The van der Waals surface area contributed by atoms with Crippen LogP contribution in [0.1, 0.15) is 5.56 Å². The van der Waals surface area contributed by atoms with Gasteiger partial charge in [-0.1, -0.05) is 12.1 Å². The smallest absolute Gasteiger partial charge is 0.324 e. The van der Waals surface area contributed by atoms with Gasteiger partial charge in [0.2, 0.25) is 5.91 Å². The summed E-state index contributed by atoms with van der Waals surface area (Å²) in [5.74, 6) is -0.448. The van der Waals surface area contributed by atoms with Crippen LogP contribution in [-0.2, 0) is 11.0 Å². The van der Waals surface area contributed by atoms with E-state index < -0.39 is 17.6 Å². The van der Waals surface area contributed by atoms with Gasteiger partial charge in [0.15, 0.2) is 0 Å². The number of nitrogens with one attached hydrogen (secondary N) is 2. The topological polar surface area (TPSA) is 44.4 Å². The number of hydrogen-bond donors (Lipinski definition) is 2. The van der Waals surface area contributed by atoms with Gasteiger partial charge in [0, 0.05) is 19.1 Å². The minimum Gasteiger partial charge on any atom is -0.324 e. The van der Waals surface area contributed by atoms with Gasteiger partial charge in [-0.15, -0.1) is 0 Å². The van der Waals surface area contributed by atoms with Crippen LogP contribution in [0.15, 0.2) is 24.3 Å². The van der Waals surface area contributed by atoms with Crippen molar-refractivity contribution in [1.29, 1.82) is 0 Å². The van der Waals surface area contributed by atoms with Crippen molar-refractivity contribution in [3.8, 4) is 0 Å². The molecule has 20 heavy (non-hydrogen) atoms. The van der Waals surface area contributed by atoms with Gasteiger partial charge in [-0.25, -0.2) is 0 Å². The second kappa shape index (κ2) is 5.80. The Kier molecular flexibility index (Phi) is 4.29. The molecule has 0 aliphatic carbocycles. The van der Waals surface area contributed by atoms with E-state index in [9.17, 15) is 18.0 Å². The van der Waals surface area contributed by atoms with Crippen LogP contribution in [0.5, 0.6) is 0 Å². The van der Waals surface area contributed by atoms with Gasteiger partial charge < -0.3 is 10.6 Å². The normalized spacial score (nSPS) is 16.1. The van der Waals surface area contributed by atoms with Crippen LogP contribution < -0.4 is 10.6 Å². The molecule has 1 heterocycles. The van der Waals surface area contributed by atoms with Crippen molar-refractivity contribution >= 4 is 11.6 Å². The second-order valence-corrected chi connectivity index (χ2v) is 4.82. The van der Waals surface area contributed by atoms with E-state index in [1.807, 2.05) is 4.90 Å². The molecule has 0 radical (unpaired) electrons. The van der Waals surface area contributed by atoms with Crippen LogP contribution in [-0.4, -0.2) is 43.5 Å². The molecule has 2 rings (SSSR count). The molecule has 1 aliphatic rings. The fourth-order valence-electron chi connectivity index (χ4n) is 1.97. The highest BCUT2D eigenvalue weighted by Crippen LogP contribution is 2.34. The molecule has 1 saturated heterocycles. The van der Waals surface area contributed by atoms with E-state index >= 15 is 0 Å². The molecular formula is C13H16F3N3O. The minimum atomic E-state index is -4.48. The highest BCUT2D eigenvalue weighted by Gasteiger charge is 2.33. The number of amides is 1. The average molecular weight is 287 g/mol. The lowest BCUT2D eigenvalue weighted by Gasteiger charge is -2.35. The number of rotatable bonds is 4. The first-order valence-electron chi connectivity index (χ1n) is 6.25. The van der Waals surface area contributed by atoms with Crippen molar-refractivity contribution in [3.63, 3.8) is 0 Å². The number of carbonyl (C=O) groups is 1. The Morgan fingerprint density at radius 1 is 1.40 bits per heavy atom. The zero-order valence-electron chi connectivity index (χ0n) is 11.0. The van der Waals surface area contributed by atoms with E-state index in [1.165, 1.54) is 18.2 Å². The van der Waals surface area contributed by atoms with Crippen LogP contribution in [0.4, 0.5) is 18.9 Å². The summed E-state index contributed by atoms with van der Waals surface area (Å²) < 4.78 is 38.3. The lowest BCUT2D eigenvalue weighted by molar-refractivity contribution is -0.137. The molecule has 4 nitrogen and oxygen atoms in total. The zero-order valence-corrected chi connectivity index (χ0v) is 11.0. The zero-order chi connectivity index (χ0) is 14.8. The lowest BCUT2D eigenvalue weighted by Crippen LogP contribution is -2.57. The van der Waals surface area contributed by atoms with Crippen molar-refractivity contribution in [2.45, 2.75) is 12.2 Å². The number of benzene rings is 1. The summed E-state index contributed by atoms with van der Waals surface area (Å²) in [6.45, 7) is 1.66. The predicted molar refractivity (Wildman–Crippen MR) is 69.4 cm³/mol. The highest BCUT2D eigenvalue weighted by molar-refractivity contribution is 5.93. The molecule has 2 N–H and O–H groups in total. The molecule has 0 spiro atoms. The first-order chi connectivity index (χ1) is 9.38. The summed E-state index contributed by atoms with van der Waals surface area (Å²) in [6, 6.07) is 5.23. The molecule has 1 aromatic rings. The number of nitrogens with zero attached hydrogens (tertiary/aromatic N) is 1. The van der Waals surface area contributed by atoms with Gasteiger partial charge in [0.25, 0.3) is 0 Å². The maximum Gasteiger partial charge on any atom is 0.418 e. The summed E-state index contributed by atoms with van der Waals surface area (Å²) in [5.41, 5.74) is -1.04. The van der Waals surface area contributed by atoms with Gasteiger partial charge in [0.05, 0.1) is 17.8 Å².